The van der Waals surface area contributed by atoms with Crippen LogP contribution in [0.15, 0.2) is 36.0 Å². The molecule has 2 heteroatoms. The van der Waals surface area contributed by atoms with Crippen molar-refractivity contribution in [1.29, 1.82) is 0 Å². The summed E-state index contributed by atoms with van der Waals surface area (Å²) in [6, 6.07) is 0. The number of nitrogens with zero attached hydrogens (tertiary/aromatic N) is 2. The van der Waals surface area contributed by atoms with Crippen molar-refractivity contribution in [1.82, 2.24) is 9.80 Å². The van der Waals surface area contributed by atoms with Gasteiger partial charge >= 0.3 is 0 Å². The van der Waals surface area contributed by atoms with Gasteiger partial charge in [-0.1, -0.05) is 56.7 Å². The van der Waals surface area contributed by atoms with E-state index in [2.05, 4.69) is 67.9 Å². The molecule has 0 aromatic rings. The van der Waals surface area contributed by atoms with Gasteiger partial charge in [-0.3, -0.25) is 0 Å². The van der Waals surface area contributed by atoms with E-state index in [0.29, 0.717) is 5.92 Å². The van der Waals surface area contributed by atoms with Crippen LogP contribution >= 0.6 is 0 Å². The van der Waals surface area contributed by atoms with Crippen LogP contribution in [0.2, 0.25) is 0 Å². The third kappa shape index (κ3) is 7.95. The smallest absolute Gasteiger partial charge is 0.000654 e. The molecule has 0 fully saturated rings. The predicted octanol–water partition coefficient (Wildman–Crippen LogP) is 4.51. The second-order valence-corrected chi connectivity index (χ2v) is 6.33. The van der Waals surface area contributed by atoms with Crippen molar-refractivity contribution < 1.29 is 0 Å². The normalized spacial score (nSPS) is 18.1. The second-order valence-electron chi connectivity index (χ2n) is 6.33. The second kappa shape index (κ2) is 11.7. The minimum absolute atomic E-state index is 0.595. The fourth-order valence-electron chi connectivity index (χ4n) is 3.08. The highest BCUT2D eigenvalue weighted by atomic mass is 15.1. The Bertz CT molecular complexity index is 364. The van der Waals surface area contributed by atoms with Gasteiger partial charge in [-0.15, -0.1) is 0 Å². The van der Waals surface area contributed by atoms with Crippen molar-refractivity contribution in [3.05, 3.63) is 36.0 Å². The first kappa shape index (κ1) is 19.2. The molecule has 0 aliphatic heterocycles. The summed E-state index contributed by atoms with van der Waals surface area (Å²) in [6.07, 6.45) is 15.1. The Morgan fingerprint density at radius 2 is 1.64 bits per heavy atom. The molecule has 1 aliphatic carbocycles. The quantitative estimate of drug-likeness (QED) is 0.554. The van der Waals surface area contributed by atoms with Crippen LogP contribution in [0.5, 0.6) is 0 Å². The summed E-state index contributed by atoms with van der Waals surface area (Å²) < 4.78 is 0. The Kier molecular flexibility index (Phi) is 10.2. The highest BCUT2D eigenvalue weighted by molar-refractivity contribution is 5.26. The van der Waals surface area contributed by atoms with Crippen LogP contribution in [0.4, 0.5) is 0 Å². The summed E-state index contributed by atoms with van der Waals surface area (Å²) in [5.41, 5.74) is 1.39. The molecule has 1 aliphatic rings. The van der Waals surface area contributed by atoms with Gasteiger partial charge in [0.15, 0.2) is 0 Å². The fraction of sp³-hybridized carbons (Fsp3) is 0.700. The first-order valence-electron chi connectivity index (χ1n) is 9.17. The lowest BCUT2D eigenvalue weighted by molar-refractivity contribution is 0.231. The molecule has 0 heterocycles. The van der Waals surface area contributed by atoms with Gasteiger partial charge in [0.2, 0.25) is 0 Å². The molecule has 1 atom stereocenters. The number of hydrogen-bond donors (Lipinski definition) is 0. The van der Waals surface area contributed by atoms with E-state index in [1.54, 1.807) is 0 Å². The largest absolute Gasteiger partial charge is 0.304 e. The van der Waals surface area contributed by atoms with E-state index in [4.69, 9.17) is 0 Å². The van der Waals surface area contributed by atoms with Gasteiger partial charge in [-0.25, -0.2) is 0 Å². The highest BCUT2D eigenvalue weighted by Gasteiger charge is 2.09. The topological polar surface area (TPSA) is 6.48 Å². The predicted molar refractivity (Wildman–Crippen MR) is 99.3 cm³/mol. The lowest BCUT2D eigenvalue weighted by atomic mass is 10.0. The standard InChI is InChI=1S/C20H36N2/c1-5-14-22(16-10-15-21(6-2)7-3)17-13-20-12-9-8-11-19(4)18-20/h8-9,11-12,18,20H,5-7,10,13-17H2,1-4H3. The van der Waals surface area contributed by atoms with Crippen LogP contribution in [0.1, 0.15) is 47.0 Å². The van der Waals surface area contributed by atoms with E-state index >= 15 is 0 Å². The number of rotatable bonds is 11. The third-order valence-electron chi connectivity index (χ3n) is 4.47. The van der Waals surface area contributed by atoms with Crippen LogP contribution in [0.25, 0.3) is 0 Å². The summed E-state index contributed by atoms with van der Waals surface area (Å²) >= 11 is 0. The molecule has 2 nitrogen and oxygen atoms in total. The number of allylic oxidation sites excluding steroid dienone is 6. The van der Waals surface area contributed by atoms with Crippen LogP contribution < -0.4 is 0 Å². The molecule has 0 saturated carbocycles. The van der Waals surface area contributed by atoms with Gasteiger partial charge in [0.05, 0.1) is 0 Å². The maximum Gasteiger partial charge on any atom is -0.000654 e. The van der Waals surface area contributed by atoms with E-state index in [9.17, 15) is 0 Å². The van der Waals surface area contributed by atoms with E-state index in [1.807, 2.05) is 0 Å². The Hall–Kier alpha value is -0.860. The zero-order valence-corrected chi connectivity index (χ0v) is 15.2. The lowest BCUT2D eigenvalue weighted by Gasteiger charge is -2.25. The Labute approximate surface area is 138 Å². The molecule has 1 rings (SSSR count). The summed E-state index contributed by atoms with van der Waals surface area (Å²) in [4.78, 5) is 5.18. The maximum absolute atomic E-state index is 2.65. The van der Waals surface area contributed by atoms with Crippen molar-refractivity contribution in [2.24, 2.45) is 5.92 Å². The zero-order chi connectivity index (χ0) is 16.2. The minimum Gasteiger partial charge on any atom is -0.304 e. The summed E-state index contributed by atoms with van der Waals surface area (Å²) in [5.74, 6) is 0.595. The molecule has 0 amide bonds. The van der Waals surface area contributed by atoms with Crippen molar-refractivity contribution in [3.63, 3.8) is 0 Å². The van der Waals surface area contributed by atoms with E-state index in [0.717, 1.165) is 0 Å². The average molecular weight is 305 g/mol. The molecular formula is C20H36N2. The number of hydrogen-bond acceptors (Lipinski definition) is 2. The van der Waals surface area contributed by atoms with Crippen LogP contribution in [-0.4, -0.2) is 49.1 Å². The molecule has 0 spiro atoms. The van der Waals surface area contributed by atoms with E-state index in [1.165, 1.54) is 64.1 Å². The van der Waals surface area contributed by atoms with Crippen molar-refractivity contribution in [2.75, 3.05) is 39.3 Å². The summed E-state index contributed by atoms with van der Waals surface area (Å²) in [7, 11) is 0. The summed E-state index contributed by atoms with van der Waals surface area (Å²) in [6.45, 7) is 16.3. The van der Waals surface area contributed by atoms with Crippen molar-refractivity contribution in [2.45, 2.75) is 47.0 Å². The van der Waals surface area contributed by atoms with Gasteiger partial charge in [0.25, 0.3) is 0 Å². The average Bonchev–Trinajstić information content (AvgIpc) is 2.73. The monoisotopic (exact) mass is 304 g/mol. The van der Waals surface area contributed by atoms with Gasteiger partial charge < -0.3 is 9.80 Å². The first-order chi connectivity index (χ1) is 10.7. The van der Waals surface area contributed by atoms with E-state index in [-0.39, 0.29) is 0 Å². The molecule has 0 aromatic heterocycles. The maximum atomic E-state index is 2.65. The van der Waals surface area contributed by atoms with Crippen LogP contribution in [-0.2, 0) is 0 Å². The molecule has 22 heavy (non-hydrogen) atoms. The van der Waals surface area contributed by atoms with Gasteiger partial charge in [-0.2, -0.15) is 0 Å². The van der Waals surface area contributed by atoms with Gasteiger partial charge in [0.1, 0.15) is 0 Å². The third-order valence-corrected chi connectivity index (χ3v) is 4.47. The van der Waals surface area contributed by atoms with E-state index < -0.39 is 0 Å². The fourth-order valence-corrected chi connectivity index (χ4v) is 3.08. The lowest BCUT2D eigenvalue weighted by Crippen LogP contribution is -2.31. The molecule has 126 valence electrons. The molecule has 0 radical (unpaired) electrons. The van der Waals surface area contributed by atoms with Gasteiger partial charge in [0, 0.05) is 0 Å². The van der Waals surface area contributed by atoms with Crippen molar-refractivity contribution >= 4 is 0 Å². The van der Waals surface area contributed by atoms with Crippen LogP contribution in [0, 0.1) is 5.92 Å². The first-order valence-corrected chi connectivity index (χ1v) is 9.17. The SMILES string of the molecule is CCCN(CCCN(CC)CC)CCC1C=CC=CC(C)=C1. The molecule has 0 aromatic carbocycles. The molecule has 0 saturated heterocycles. The molecule has 0 N–H and O–H groups in total. The molecular weight excluding hydrogens is 268 g/mol. The Morgan fingerprint density at radius 1 is 0.909 bits per heavy atom. The minimum atomic E-state index is 0.595. The van der Waals surface area contributed by atoms with Gasteiger partial charge in [-0.05, 0) is 71.4 Å². The van der Waals surface area contributed by atoms with Crippen LogP contribution in [0.3, 0.4) is 0 Å². The Morgan fingerprint density at radius 3 is 2.32 bits per heavy atom. The highest BCUT2D eigenvalue weighted by Crippen LogP contribution is 2.15. The molecule has 0 bridgehead atoms. The molecule has 1 unspecified atom stereocenters. The van der Waals surface area contributed by atoms with Crippen molar-refractivity contribution in [3.8, 4) is 0 Å². The zero-order valence-electron chi connectivity index (χ0n) is 15.2. The summed E-state index contributed by atoms with van der Waals surface area (Å²) in [5, 5.41) is 0. The Balaban J connectivity index is 2.35.